The molecule has 102 valence electrons. The third kappa shape index (κ3) is 2.81. The molecule has 6 nitrogen and oxygen atoms in total. The van der Waals surface area contributed by atoms with Crippen molar-refractivity contribution in [2.75, 3.05) is 0 Å². The fourth-order valence-electron chi connectivity index (χ4n) is 1.72. The van der Waals surface area contributed by atoms with Gasteiger partial charge in [0.15, 0.2) is 6.29 Å². The molecule has 0 saturated heterocycles. The Morgan fingerprint density at radius 2 is 2.00 bits per heavy atom. The molecule has 0 fully saturated rings. The fraction of sp³-hybridized carbons (Fsp3) is 0.0714. The van der Waals surface area contributed by atoms with Gasteiger partial charge in [-0.1, -0.05) is 18.2 Å². The molecule has 20 heavy (non-hydrogen) atoms. The normalized spacial score (nSPS) is 10.1. The topological polar surface area (TPSA) is 89.7 Å². The zero-order valence-corrected chi connectivity index (χ0v) is 10.4. The first-order valence-corrected chi connectivity index (χ1v) is 5.76. The van der Waals surface area contributed by atoms with Crippen molar-refractivity contribution in [3.05, 3.63) is 63.7 Å². The Bertz CT molecular complexity index is 654. The van der Waals surface area contributed by atoms with Gasteiger partial charge in [0.25, 0.3) is 5.69 Å². The van der Waals surface area contributed by atoms with Crippen molar-refractivity contribution in [3.63, 3.8) is 0 Å². The van der Waals surface area contributed by atoms with Crippen LogP contribution in [-0.2, 0) is 6.61 Å². The van der Waals surface area contributed by atoms with Crippen LogP contribution in [0.25, 0.3) is 0 Å². The summed E-state index contributed by atoms with van der Waals surface area (Å²) < 4.78 is 5.54. The predicted molar refractivity (Wildman–Crippen MR) is 70.9 cm³/mol. The standard InChI is InChI=1S/C14H11NO5/c16-8-10-3-1-2-4-14(10)20-12-5-6-13(15(18)19)11(7-12)9-17/h1-7,9,16H,8H2. The van der Waals surface area contributed by atoms with Gasteiger partial charge in [0.2, 0.25) is 0 Å². The number of nitro benzene ring substituents is 1. The monoisotopic (exact) mass is 273 g/mol. The smallest absolute Gasteiger partial charge is 0.280 e. The van der Waals surface area contributed by atoms with Gasteiger partial charge in [0.05, 0.1) is 17.1 Å². The number of carbonyl (C=O) groups excluding carboxylic acids is 1. The van der Waals surface area contributed by atoms with Gasteiger partial charge in [-0.3, -0.25) is 14.9 Å². The molecule has 1 N–H and O–H groups in total. The molecule has 0 aliphatic heterocycles. The van der Waals surface area contributed by atoms with Gasteiger partial charge in [-0.25, -0.2) is 0 Å². The maximum Gasteiger partial charge on any atom is 0.280 e. The quantitative estimate of drug-likeness (QED) is 0.514. The summed E-state index contributed by atoms with van der Waals surface area (Å²) in [6.07, 6.45) is 0.406. The number of ether oxygens (including phenoxy) is 1. The molecular weight excluding hydrogens is 262 g/mol. The highest BCUT2D eigenvalue weighted by atomic mass is 16.6. The molecular formula is C14H11NO5. The van der Waals surface area contributed by atoms with E-state index in [9.17, 15) is 20.0 Å². The van der Waals surface area contributed by atoms with Gasteiger partial charge in [-0.2, -0.15) is 0 Å². The number of benzene rings is 2. The van der Waals surface area contributed by atoms with Gasteiger partial charge in [0.1, 0.15) is 11.5 Å². The summed E-state index contributed by atoms with van der Waals surface area (Å²) in [6, 6.07) is 10.7. The van der Waals surface area contributed by atoms with Crippen LogP contribution in [0.2, 0.25) is 0 Å². The Labute approximate surface area is 114 Å². The van der Waals surface area contributed by atoms with Crippen molar-refractivity contribution in [2.45, 2.75) is 6.61 Å². The van der Waals surface area contributed by atoms with Crippen molar-refractivity contribution in [2.24, 2.45) is 0 Å². The first-order chi connectivity index (χ1) is 9.65. The number of para-hydroxylation sites is 1. The highest BCUT2D eigenvalue weighted by molar-refractivity contribution is 5.82. The average molecular weight is 273 g/mol. The van der Waals surface area contributed by atoms with Crippen LogP contribution in [0.4, 0.5) is 5.69 Å². The number of aldehydes is 1. The molecule has 0 bridgehead atoms. The second kappa shape index (κ2) is 5.94. The van der Waals surface area contributed by atoms with E-state index in [-0.39, 0.29) is 17.9 Å². The zero-order valence-electron chi connectivity index (χ0n) is 10.4. The Hall–Kier alpha value is -2.73. The van der Waals surface area contributed by atoms with Gasteiger partial charge in [-0.15, -0.1) is 0 Å². The van der Waals surface area contributed by atoms with Crippen LogP contribution in [0.1, 0.15) is 15.9 Å². The van der Waals surface area contributed by atoms with Gasteiger partial charge >= 0.3 is 0 Å². The van der Waals surface area contributed by atoms with E-state index < -0.39 is 4.92 Å². The summed E-state index contributed by atoms with van der Waals surface area (Å²) in [5.74, 6) is 0.722. The number of nitro groups is 1. The molecule has 2 aromatic rings. The summed E-state index contributed by atoms with van der Waals surface area (Å²) in [4.78, 5) is 21.0. The van der Waals surface area contributed by atoms with Crippen molar-refractivity contribution in [1.29, 1.82) is 0 Å². The van der Waals surface area contributed by atoms with Gasteiger partial charge in [-0.05, 0) is 18.2 Å². The molecule has 0 aromatic heterocycles. The summed E-state index contributed by atoms with van der Waals surface area (Å²) in [7, 11) is 0. The summed E-state index contributed by atoms with van der Waals surface area (Å²) in [6.45, 7) is -0.191. The highest BCUT2D eigenvalue weighted by Gasteiger charge is 2.14. The van der Waals surface area contributed by atoms with Crippen molar-refractivity contribution >= 4 is 12.0 Å². The lowest BCUT2D eigenvalue weighted by atomic mass is 10.2. The number of carbonyl (C=O) groups is 1. The number of aliphatic hydroxyl groups excluding tert-OH is 1. The zero-order chi connectivity index (χ0) is 14.5. The van der Waals surface area contributed by atoms with Crippen LogP contribution in [0.3, 0.4) is 0 Å². The molecule has 0 saturated carbocycles. The van der Waals surface area contributed by atoms with Crippen molar-refractivity contribution in [3.8, 4) is 11.5 Å². The number of aliphatic hydroxyl groups is 1. The van der Waals surface area contributed by atoms with Crippen LogP contribution in [0.15, 0.2) is 42.5 Å². The first kappa shape index (κ1) is 13.7. The first-order valence-electron chi connectivity index (χ1n) is 5.76. The third-order valence-electron chi connectivity index (χ3n) is 2.69. The van der Waals surface area contributed by atoms with E-state index in [2.05, 4.69) is 0 Å². The number of hydrogen-bond donors (Lipinski definition) is 1. The largest absolute Gasteiger partial charge is 0.457 e. The molecule has 0 aliphatic carbocycles. The second-order valence-electron chi connectivity index (χ2n) is 3.96. The Morgan fingerprint density at radius 3 is 2.65 bits per heavy atom. The number of rotatable bonds is 5. The maximum atomic E-state index is 10.9. The molecule has 2 rings (SSSR count). The van der Waals surface area contributed by atoms with E-state index >= 15 is 0 Å². The lowest BCUT2D eigenvalue weighted by molar-refractivity contribution is -0.385. The molecule has 0 aliphatic rings. The predicted octanol–water partition coefficient (Wildman–Crippen LogP) is 2.69. The van der Waals surface area contributed by atoms with E-state index in [1.54, 1.807) is 24.3 Å². The molecule has 0 unspecified atom stereocenters. The number of nitrogens with zero attached hydrogens (tertiary/aromatic N) is 1. The lowest BCUT2D eigenvalue weighted by Crippen LogP contribution is -1.96. The Balaban J connectivity index is 2.35. The van der Waals surface area contributed by atoms with Crippen LogP contribution >= 0.6 is 0 Å². The average Bonchev–Trinajstić information content (AvgIpc) is 2.47. The summed E-state index contributed by atoms with van der Waals surface area (Å²) in [5.41, 5.74) is 0.246. The Kier molecular flexibility index (Phi) is 4.07. The van der Waals surface area contributed by atoms with Crippen LogP contribution in [-0.4, -0.2) is 16.3 Å². The fourth-order valence-corrected chi connectivity index (χ4v) is 1.72. The molecule has 0 atom stereocenters. The SMILES string of the molecule is O=Cc1cc(Oc2ccccc2CO)ccc1[N+](=O)[O-]. The van der Waals surface area contributed by atoms with Crippen LogP contribution in [0, 0.1) is 10.1 Å². The molecule has 6 heteroatoms. The van der Waals surface area contributed by atoms with Gasteiger partial charge < -0.3 is 9.84 Å². The molecule has 0 radical (unpaired) electrons. The van der Waals surface area contributed by atoms with E-state index in [4.69, 9.17) is 4.74 Å². The molecule has 0 spiro atoms. The maximum absolute atomic E-state index is 10.9. The summed E-state index contributed by atoms with van der Waals surface area (Å²) in [5, 5.41) is 19.9. The molecule has 0 heterocycles. The summed E-state index contributed by atoms with van der Waals surface area (Å²) >= 11 is 0. The minimum Gasteiger partial charge on any atom is -0.457 e. The van der Waals surface area contributed by atoms with E-state index in [0.717, 1.165) is 0 Å². The minimum atomic E-state index is -0.630. The van der Waals surface area contributed by atoms with Crippen LogP contribution < -0.4 is 4.74 Å². The molecule has 2 aromatic carbocycles. The minimum absolute atomic E-state index is 0.0611. The van der Waals surface area contributed by atoms with Crippen molar-refractivity contribution < 1.29 is 19.6 Å². The Morgan fingerprint density at radius 1 is 1.25 bits per heavy atom. The number of hydrogen-bond acceptors (Lipinski definition) is 5. The van der Waals surface area contributed by atoms with Crippen molar-refractivity contribution in [1.82, 2.24) is 0 Å². The second-order valence-corrected chi connectivity index (χ2v) is 3.96. The van der Waals surface area contributed by atoms with Gasteiger partial charge in [0, 0.05) is 11.6 Å². The lowest BCUT2D eigenvalue weighted by Gasteiger charge is -2.09. The van der Waals surface area contributed by atoms with E-state index in [1.165, 1.54) is 18.2 Å². The highest BCUT2D eigenvalue weighted by Crippen LogP contribution is 2.28. The van der Waals surface area contributed by atoms with E-state index in [1.807, 2.05) is 0 Å². The van der Waals surface area contributed by atoms with E-state index in [0.29, 0.717) is 23.3 Å². The molecule has 0 amide bonds. The van der Waals surface area contributed by atoms with Crippen LogP contribution in [0.5, 0.6) is 11.5 Å². The third-order valence-corrected chi connectivity index (χ3v) is 2.69.